The molecular formula is C24H27N7. The molecule has 4 rings (SSSR count). The standard InChI is InChI=1S/C24H27N7/c1-25-24(28-14-19-7-6-8-20(13-19)16-31-12-11-26-18-31)30(2)17-23-27-15-22(29-23)21-9-4-3-5-10-21/h3-13,15,18H,14,16-17H2,1-2H3,(H,25,28)(H,27,29). The minimum Gasteiger partial charge on any atom is -0.352 e. The zero-order chi connectivity index (χ0) is 21.5. The van der Waals surface area contributed by atoms with E-state index in [1.165, 1.54) is 11.1 Å². The average Bonchev–Trinajstić information content (AvgIpc) is 3.47. The van der Waals surface area contributed by atoms with E-state index in [0.29, 0.717) is 13.1 Å². The highest BCUT2D eigenvalue weighted by atomic mass is 15.3. The monoisotopic (exact) mass is 413 g/mol. The molecule has 7 nitrogen and oxygen atoms in total. The fraction of sp³-hybridized carbons (Fsp3) is 0.208. The second-order valence-electron chi connectivity index (χ2n) is 7.42. The number of nitrogens with one attached hydrogen (secondary N) is 2. The molecule has 31 heavy (non-hydrogen) atoms. The van der Waals surface area contributed by atoms with Crippen molar-refractivity contribution in [2.45, 2.75) is 19.6 Å². The van der Waals surface area contributed by atoms with Gasteiger partial charge in [0.05, 0.1) is 24.8 Å². The quantitative estimate of drug-likeness (QED) is 0.359. The van der Waals surface area contributed by atoms with Crippen molar-refractivity contribution in [1.82, 2.24) is 29.7 Å². The lowest BCUT2D eigenvalue weighted by atomic mass is 10.1. The molecule has 0 amide bonds. The molecular weight excluding hydrogens is 386 g/mol. The second kappa shape index (κ2) is 9.75. The maximum atomic E-state index is 4.53. The first kappa shape index (κ1) is 20.4. The Kier molecular flexibility index (Phi) is 6.42. The number of guanidine groups is 1. The van der Waals surface area contributed by atoms with Crippen LogP contribution >= 0.6 is 0 Å². The van der Waals surface area contributed by atoms with E-state index in [9.17, 15) is 0 Å². The molecule has 0 atom stereocenters. The summed E-state index contributed by atoms with van der Waals surface area (Å²) in [5, 5.41) is 3.45. The Morgan fingerprint density at radius 2 is 1.97 bits per heavy atom. The third-order valence-corrected chi connectivity index (χ3v) is 5.04. The number of aromatic nitrogens is 4. The first-order chi connectivity index (χ1) is 15.2. The predicted octanol–water partition coefficient (Wildman–Crippen LogP) is 3.53. The van der Waals surface area contributed by atoms with Crippen LogP contribution in [0, 0.1) is 0 Å². The van der Waals surface area contributed by atoms with Crippen LogP contribution in [0.5, 0.6) is 0 Å². The fourth-order valence-corrected chi connectivity index (χ4v) is 3.50. The van der Waals surface area contributed by atoms with Crippen molar-refractivity contribution < 1.29 is 0 Å². The lowest BCUT2D eigenvalue weighted by Gasteiger charge is -2.21. The summed E-state index contributed by atoms with van der Waals surface area (Å²) in [6, 6.07) is 18.8. The van der Waals surface area contributed by atoms with E-state index in [1.807, 2.05) is 44.0 Å². The Hall–Kier alpha value is -3.87. The van der Waals surface area contributed by atoms with E-state index in [4.69, 9.17) is 0 Å². The van der Waals surface area contributed by atoms with Gasteiger partial charge in [-0.25, -0.2) is 9.97 Å². The average molecular weight is 414 g/mol. The van der Waals surface area contributed by atoms with Crippen LogP contribution in [0.4, 0.5) is 0 Å². The highest BCUT2D eigenvalue weighted by molar-refractivity contribution is 5.79. The number of aromatic amines is 1. The van der Waals surface area contributed by atoms with Crippen LogP contribution in [-0.2, 0) is 19.6 Å². The Morgan fingerprint density at radius 3 is 2.74 bits per heavy atom. The molecule has 0 aliphatic rings. The molecule has 0 spiro atoms. The number of H-pyrrole nitrogens is 1. The van der Waals surface area contributed by atoms with Gasteiger partial charge in [0, 0.05) is 39.6 Å². The molecule has 158 valence electrons. The van der Waals surface area contributed by atoms with Crippen LogP contribution in [-0.4, -0.2) is 44.5 Å². The van der Waals surface area contributed by atoms with Gasteiger partial charge >= 0.3 is 0 Å². The Morgan fingerprint density at radius 1 is 1.13 bits per heavy atom. The summed E-state index contributed by atoms with van der Waals surface area (Å²) in [6.45, 7) is 2.14. The highest BCUT2D eigenvalue weighted by Gasteiger charge is 2.10. The molecule has 4 aromatic rings. The summed E-state index contributed by atoms with van der Waals surface area (Å²) in [5.41, 5.74) is 4.59. The predicted molar refractivity (Wildman–Crippen MR) is 123 cm³/mol. The number of aliphatic imine (C=N–C) groups is 1. The lowest BCUT2D eigenvalue weighted by molar-refractivity contribution is 0.464. The van der Waals surface area contributed by atoms with Crippen molar-refractivity contribution in [2.24, 2.45) is 4.99 Å². The molecule has 0 aliphatic heterocycles. The van der Waals surface area contributed by atoms with Crippen molar-refractivity contribution in [1.29, 1.82) is 0 Å². The van der Waals surface area contributed by atoms with Gasteiger partial charge in [0.15, 0.2) is 5.96 Å². The summed E-state index contributed by atoms with van der Waals surface area (Å²) in [7, 11) is 3.81. The van der Waals surface area contributed by atoms with E-state index >= 15 is 0 Å². The Bertz CT molecular complexity index is 1110. The van der Waals surface area contributed by atoms with Crippen LogP contribution in [0.15, 0.2) is 84.5 Å². The SMILES string of the molecule is CN=C(NCc1cccc(Cn2ccnc2)c1)N(C)Cc1ncc(-c2ccccc2)[nH]1. The first-order valence-electron chi connectivity index (χ1n) is 10.3. The molecule has 2 aromatic heterocycles. The number of nitrogens with zero attached hydrogens (tertiary/aromatic N) is 5. The van der Waals surface area contributed by atoms with E-state index in [-0.39, 0.29) is 0 Å². The number of hydrogen-bond acceptors (Lipinski definition) is 3. The summed E-state index contributed by atoms with van der Waals surface area (Å²) in [5.74, 6) is 1.71. The van der Waals surface area contributed by atoms with Gasteiger partial charge in [-0.15, -0.1) is 0 Å². The fourth-order valence-electron chi connectivity index (χ4n) is 3.50. The van der Waals surface area contributed by atoms with Crippen LogP contribution in [0.1, 0.15) is 17.0 Å². The topological polar surface area (TPSA) is 74.1 Å². The van der Waals surface area contributed by atoms with Crippen LogP contribution < -0.4 is 5.32 Å². The van der Waals surface area contributed by atoms with E-state index in [1.54, 1.807) is 13.2 Å². The molecule has 7 heteroatoms. The molecule has 0 saturated heterocycles. The van der Waals surface area contributed by atoms with Gasteiger partial charge in [-0.2, -0.15) is 0 Å². The molecule has 2 N–H and O–H groups in total. The van der Waals surface area contributed by atoms with E-state index in [0.717, 1.165) is 29.6 Å². The van der Waals surface area contributed by atoms with Crippen molar-refractivity contribution >= 4 is 5.96 Å². The van der Waals surface area contributed by atoms with E-state index < -0.39 is 0 Å². The minimum absolute atomic E-state index is 0.632. The Labute approximate surface area is 182 Å². The van der Waals surface area contributed by atoms with Gasteiger partial charge < -0.3 is 19.8 Å². The molecule has 2 heterocycles. The van der Waals surface area contributed by atoms with Gasteiger partial charge in [0.25, 0.3) is 0 Å². The summed E-state index contributed by atoms with van der Waals surface area (Å²) in [4.78, 5) is 18.5. The lowest BCUT2D eigenvalue weighted by Crippen LogP contribution is -2.38. The van der Waals surface area contributed by atoms with E-state index in [2.05, 4.69) is 71.1 Å². The van der Waals surface area contributed by atoms with Crippen LogP contribution in [0.25, 0.3) is 11.3 Å². The van der Waals surface area contributed by atoms with Crippen molar-refractivity contribution in [3.63, 3.8) is 0 Å². The molecule has 0 unspecified atom stereocenters. The molecule has 0 aliphatic carbocycles. The summed E-state index contributed by atoms with van der Waals surface area (Å²) in [6.07, 6.45) is 7.48. The van der Waals surface area contributed by atoms with Crippen molar-refractivity contribution in [3.8, 4) is 11.3 Å². The van der Waals surface area contributed by atoms with Crippen molar-refractivity contribution in [3.05, 3.63) is 96.5 Å². The third kappa shape index (κ3) is 5.39. The van der Waals surface area contributed by atoms with Crippen molar-refractivity contribution in [2.75, 3.05) is 14.1 Å². The minimum atomic E-state index is 0.632. The number of benzene rings is 2. The maximum Gasteiger partial charge on any atom is 0.194 e. The zero-order valence-electron chi connectivity index (χ0n) is 17.9. The molecule has 0 bridgehead atoms. The number of hydrogen-bond donors (Lipinski definition) is 2. The van der Waals surface area contributed by atoms with Gasteiger partial charge in [-0.05, 0) is 16.7 Å². The summed E-state index contributed by atoms with van der Waals surface area (Å²) >= 11 is 0. The normalized spacial score (nSPS) is 11.5. The third-order valence-electron chi connectivity index (χ3n) is 5.04. The summed E-state index contributed by atoms with van der Waals surface area (Å²) < 4.78 is 2.06. The molecule has 2 aromatic carbocycles. The maximum absolute atomic E-state index is 4.53. The molecule has 0 saturated carbocycles. The molecule has 0 radical (unpaired) electrons. The first-order valence-corrected chi connectivity index (χ1v) is 10.3. The largest absolute Gasteiger partial charge is 0.352 e. The highest BCUT2D eigenvalue weighted by Crippen LogP contribution is 2.16. The smallest absolute Gasteiger partial charge is 0.194 e. The zero-order valence-corrected chi connectivity index (χ0v) is 17.9. The Balaban J connectivity index is 1.35. The van der Waals surface area contributed by atoms with Gasteiger partial charge in [-0.1, -0.05) is 54.6 Å². The van der Waals surface area contributed by atoms with Crippen LogP contribution in [0.2, 0.25) is 0 Å². The van der Waals surface area contributed by atoms with Crippen LogP contribution in [0.3, 0.4) is 0 Å². The second-order valence-corrected chi connectivity index (χ2v) is 7.42. The molecule has 0 fully saturated rings. The van der Waals surface area contributed by atoms with Gasteiger partial charge in [-0.3, -0.25) is 4.99 Å². The number of rotatable bonds is 7. The van der Waals surface area contributed by atoms with Gasteiger partial charge in [0.1, 0.15) is 5.82 Å². The van der Waals surface area contributed by atoms with Gasteiger partial charge in [0.2, 0.25) is 0 Å². The number of imidazole rings is 2.